The van der Waals surface area contributed by atoms with Crippen LogP contribution in [0.5, 0.6) is 0 Å². The SMILES string of the molecule is O=C(Nc1cccc(F)c1)c1ccnc2ccnn12. The molecule has 2 aromatic heterocycles. The molecular weight excluding hydrogens is 247 g/mol. The summed E-state index contributed by atoms with van der Waals surface area (Å²) in [6, 6.07) is 8.95. The van der Waals surface area contributed by atoms with Crippen molar-refractivity contribution in [2.24, 2.45) is 0 Å². The van der Waals surface area contributed by atoms with Crippen molar-refractivity contribution in [3.05, 3.63) is 60.3 Å². The molecule has 2 heterocycles. The molecule has 1 N–H and O–H groups in total. The fraction of sp³-hybridized carbons (Fsp3) is 0. The summed E-state index contributed by atoms with van der Waals surface area (Å²) in [7, 11) is 0. The number of carbonyl (C=O) groups excluding carboxylic acids is 1. The maximum Gasteiger partial charge on any atom is 0.274 e. The van der Waals surface area contributed by atoms with Gasteiger partial charge in [0.05, 0.1) is 6.20 Å². The number of benzene rings is 1. The molecule has 0 bridgehead atoms. The molecule has 0 radical (unpaired) electrons. The molecule has 0 atom stereocenters. The average molecular weight is 256 g/mol. The molecule has 0 aliphatic carbocycles. The molecule has 0 saturated carbocycles. The highest BCUT2D eigenvalue weighted by Gasteiger charge is 2.11. The summed E-state index contributed by atoms with van der Waals surface area (Å²) >= 11 is 0. The van der Waals surface area contributed by atoms with Crippen LogP contribution in [-0.2, 0) is 0 Å². The number of nitrogens with zero attached hydrogens (tertiary/aromatic N) is 3. The van der Waals surface area contributed by atoms with Gasteiger partial charge in [0.15, 0.2) is 5.65 Å². The normalized spacial score (nSPS) is 10.6. The largest absolute Gasteiger partial charge is 0.321 e. The van der Waals surface area contributed by atoms with Crippen molar-refractivity contribution < 1.29 is 9.18 Å². The first-order chi connectivity index (χ1) is 9.24. The number of amides is 1. The van der Waals surface area contributed by atoms with E-state index >= 15 is 0 Å². The minimum atomic E-state index is -0.406. The topological polar surface area (TPSA) is 59.3 Å². The van der Waals surface area contributed by atoms with Crippen molar-refractivity contribution in [3.63, 3.8) is 0 Å². The Morgan fingerprint density at radius 2 is 2.11 bits per heavy atom. The summed E-state index contributed by atoms with van der Waals surface area (Å²) in [6.07, 6.45) is 3.08. The van der Waals surface area contributed by atoms with E-state index in [1.165, 1.54) is 28.9 Å². The van der Waals surface area contributed by atoms with Gasteiger partial charge < -0.3 is 5.32 Å². The zero-order valence-corrected chi connectivity index (χ0v) is 9.75. The van der Waals surface area contributed by atoms with Crippen LogP contribution < -0.4 is 5.32 Å². The summed E-state index contributed by atoms with van der Waals surface area (Å²) in [5.74, 6) is -0.779. The number of anilines is 1. The number of aromatic nitrogens is 3. The second kappa shape index (κ2) is 4.49. The molecule has 1 aromatic carbocycles. The van der Waals surface area contributed by atoms with Gasteiger partial charge in [-0.3, -0.25) is 4.79 Å². The summed E-state index contributed by atoms with van der Waals surface area (Å²) in [5.41, 5.74) is 1.30. The van der Waals surface area contributed by atoms with E-state index in [0.29, 0.717) is 17.0 Å². The second-order valence-corrected chi connectivity index (χ2v) is 3.90. The third-order valence-electron chi connectivity index (χ3n) is 2.61. The van der Waals surface area contributed by atoms with Crippen LogP contribution in [-0.4, -0.2) is 20.5 Å². The van der Waals surface area contributed by atoms with Crippen LogP contribution in [0.4, 0.5) is 10.1 Å². The standard InChI is InChI=1S/C13H9FN4O/c14-9-2-1-3-10(8-9)17-13(19)11-4-6-15-12-5-7-16-18(11)12/h1-8H,(H,17,19). The zero-order valence-electron chi connectivity index (χ0n) is 9.75. The summed E-state index contributed by atoms with van der Waals surface area (Å²) < 4.78 is 14.5. The van der Waals surface area contributed by atoms with E-state index in [1.54, 1.807) is 24.4 Å². The van der Waals surface area contributed by atoms with E-state index in [0.717, 1.165) is 0 Å². The van der Waals surface area contributed by atoms with Crippen LogP contribution in [0.3, 0.4) is 0 Å². The van der Waals surface area contributed by atoms with E-state index in [4.69, 9.17) is 0 Å². The number of fused-ring (bicyclic) bond motifs is 1. The van der Waals surface area contributed by atoms with E-state index in [9.17, 15) is 9.18 Å². The van der Waals surface area contributed by atoms with Gasteiger partial charge in [0.2, 0.25) is 0 Å². The maximum atomic E-state index is 13.0. The van der Waals surface area contributed by atoms with Crippen molar-refractivity contribution >= 4 is 17.2 Å². The first kappa shape index (κ1) is 11.3. The summed E-state index contributed by atoms with van der Waals surface area (Å²) in [5, 5.41) is 6.63. The van der Waals surface area contributed by atoms with Crippen LogP contribution >= 0.6 is 0 Å². The third-order valence-corrected chi connectivity index (χ3v) is 2.61. The van der Waals surface area contributed by atoms with Gasteiger partial charge in [-0.15, -0.1) is 0 Å². The molecule has 0 unspecified atom stereocenters. The Bertz CT molecular complexity index is 753. The monoisotopic (exact) mass is 256 g/mol. The number of hydrogen-bond acceptors (Lipinski definition) is 3. The van der Waals surface area contributed by atoms with Gasteiger partial charge in [-0.05, 0) is 24.3 Å². The summed E-state index contributed by atoms with van der Waals surface area (Å²) in [6.45, 7) is 0. The van der Waals surface area contributed by atoms with Crippen molar-refractivity contribution in [2.75, 3.05) is 5.32 Å². The van der Waals surface area contributed by atoms with Crippen molar-refractivity contribution in [1.82, 2.24) is 14.6 Å². The Morgan fingerprint density at radius 1 is 1.21 bits per heavy atom. The fourth-order valence-corrected chi connectivity index (χ4v) is 1.77. The Kier molecular flexibility index (Phi) is 2.68. The lowest BCUT2D eigenvalue weighted by atomic mass is 10.3. The first-order valence-electron chi connectivity index (χ1n) is 5.60. The van der Waals surface area contributed by atoms with Gasteiger partial charge in [0.25, 0.3) is 5.91 Å². The molecule has 0 saturated heterocycles. The molecule has 0 fully saturated rings. The predicted molar refractivity (Wildman–Crippen MR) is 67.3 cm³/mol. The van der Waals surface area contributed by atoms with Crippen molar-refractivity contribution in [1.29, 1.82) is 0 Å². The quantitative estimate of drug-likeness (QED) is 0.764. The van der Waals surface area contributed by atoms with Gasteiger partial charge in [0, 0.05) is 18.0 Å². The van der Waals surface area contributed by atoms with E-state index in [2.05, 4.69) is 15.4 Å². The molecular formula is C13H9FN4O. The highest BCUT2D eigenvalue weighted by atomic mass is 19.1. The highest BCUT2D eigenvalue weighted by molar-refractivity contribution is 6.03. The Balaban J connectivity index is 1.94. The lowest BCUT2D eigenvalue weighted by Crippen LogP contribution is -2.16. The maximum absolute atomic E-state index is 13.0. The smallest absolute Gasteiger partial charge is 0.274 e. The second-order valence-electron chi connectivity index (χ2n) is 3.90. The molecule has 3 aromatic rings. The van der Waals surface area contributed by atoms with Crippen LogP contribution in [0, 0.1) is 5.82 Å². The van der Waals surface area contributed by atoms with E-state index < -0.39 is 5.82 Å². The Labute approximate surface area is 107 Å². The number of carbonyl (C=O) groups is 1. The van der Waals surface area contributed by atoms with Crippen molar-refractivity contribution in [3.8, 4) is 0 Å². The van der Waals surface area contributed by atoms with E-state index in [-0.39, 0.29) is 5.91 Å². The number of rotatable bonds is 2. The van der Waals surface area contributed by atoms with Gasteiger partial charge in [-0.2, -0.15) is 5.10 Å². The van der Waals surface area contributed by atoms with Gasteiger partial charge in [0.1, 0.15) is 11.5 Å². The molecule has 5 nitrogen and oxygen atoms in total. The minimum Gasteiger partial charge on any atom is -0.321 e. The lowest BCUT2D eigenvalue weighted by Gasteiger charge is -2.06. The number of hydrogen-bond donors (Lipinski definition) is 1. The predicted octanol–water partition coefficient (Wildman–Crippen LogP) is 2.12. The van der Waals surface area contributed by atoms with Gasteiger partial charge >= 0.3 is 0 Å². The molecule has 0 aliphatic rings. The fourth-order valence-electron chi connectivity index (χ4n) is 1.77. The first-order valence-corrected chi connectivity index (χ1v) is 5.60. The third kappa shape index (κ3) is 2.15. The molecule has 94 valence electrons. The van der Waals surface area contributed by atoms with Crippen LogP contribution in [0.15, 0.2) is 48.8 Å². The van der Waals surface area contributed by atoms with Crippen LogP contribution in [0.1, 0.15) is 10.5 Å². The highest BCUT2D eigenvalue weighted by Crippen LogP contribution is 2.11. The molecule has 0 aliphatic heterocycles. The molecule has 19 heavy (non-hydrogen) atoms. The lowest BCUT2D eigenvalue weighted by molar-refractivity contribution is 0.102. The number of nitrogens with one attached hydrogen (secondary N) is 1. The van der Waals surface area contributed by atoms with Crippen LogP contribution in [0.25, 0.3) is 5.65 Å². The number of halogens is 1. The minimum absolute atomic E-state index is 0.333. The van der Waals surface area contributed by atoms with Gasteiger partial charge in [-0.1, -0.05) is 6.07 Å². The molecule has 6 heteroatoms. The summed E-state index contributed by atoms with van der Waals surface area (Å²) in [4.78, 5) is 16.2. The Morgan fingerprint density at radius 3 is 2.95 bits per heavy atom. The molecule has 0 spiro atoms. The molecule has 1 amide bonds. The Hall–Kier alpha value is -2.76. The zero-order chi connectivity index (χ0) is 13.2. The average Bonchev–Trinajstić information content (AvgIpc) is 2.86. The van der Waals surface area contributed by atoms with E-state index in [1.807, 2.05) is 0 Å². The van der Waals surface area contributed by atoms with Crippen LogP contribution in [0.2, 0.25) is 0 Å². The van der Waals surface area contributed by atoms with Gasteiger partial charge in [-0.25, -0.2) is 13.9 Å². The molecule has 3 rings (SSSR count). The van der Waals surface area contributed by atoms with Crippen molar-refractivity contribution in [2.45, 2.75) is 0 Å².